The van der Waals surface area contributed by atoms with Crippen LogP contribution in [0.4, 0.5) is 5.82 Å². The van der Waals surface area contributed by atoms with Gasteiger partial charge in [0, 0.05) is 22.8 Å². The van der Waals surface area contributed by atoms with Gasteiger partial charge < -0.3 is 5.73 Å². The van der Waals surface area contributed by atoms with E-state index in [9.17, 15) is 0 Å². The summed E-state index contributed by atoms with van der Waals surface area (Å²) in [7, 11) is 0. The van der Waals surface area contributed by atoms with Gasteiger partial charge in [-0.1, -0.05) is 13.8 Å². The Morgan fingerprint density at radius 1 is 1.31 bits per heavy atom. The first-order chi connectivity index (χ1) is 7.59. The van der Waals surface area contributed by atoms with Gasteiger partial charge in [-0.2, -0.15) is 0 Å². The fourth-order valence-corrected chi connectivity index (χ4v) is 2.32. The Balaban J connectivity index is 2.53. The minimum atomic E-state index is 0.338. The molecule has 5 heteroatoms. The first-order valence-corrected chi connectivity index (χ1v) is 6.01. The molecule has 84 valence electrons. The van der Waals surface area contributed by atoms with Crippen molar-refractivity contribution in [1.29, 1.82) is 0 Å². The lowest BCUT2D eigenvalue weighted by molar-refractivity contribution is 0.836. The zero-order valence-corrected chi connectivity index (χ0v) is 10.4. The highest BCUT2D eigenvalue weighted by atomic mass is 32.1. The zero-order valence-electron chi connectivity index (χ0n) is 9.56. The molecular formula is C11H14N4S. The van der Waals surface area contributed by atoms with Gasteiger partial charge in [0.15, 0.2) is 10.8 Å². The van der Waals surface area contributed by atoms with Crippen LogP contribution in [0, 0.1) is 6.92 Å². The van der Waals surface area contributed by atoms with Gasteiger partial charge in [-0.05, 0) is 12.8 Å². The molecule has 0 saturated heterocycles. The molecule has 0 fully saturated rings. The molecule has 0 atom stereocenters. The second-order valence-electron chi connectivity index (χ2n) is 3.92. The smallest absolute Gasteiger partial charge is 0.190 e. The highest BCUT2D eigenvalue weighted by Crippen LogP contribution is 2.26. The van der Waals surface area contributed by atoms with Crippen LogP contribution >= 0.6 is 11.3 Å². The second kappa shape index (κ2) is 4.17. The minimum Gasteiger partial charge on any atom is -0.383 e. The van der Waals surface area contributed by atoms with Gasteiger partial charge in [-0.25, -0.2) is 15.0 Å². The lowest BCUT2D eigenvalue weighted by atomic mass is 10.0. The van der Waals surface area contributed by atoms with Crippen molar-refractivity contribution >= 4 is 17.2 Å². The summed E-state index contributed by atoms with van der Waals surface area (Å²) in [6.45, 7) is 6.14. The number of hydrogen-bond donors (Lipinski definition) is 1. The van der Waals surface area contributed by atoms with Crippen LogP contribution in [0.15, 0.2) is 11.6 Å². The predicted molar refractivity (Wildman–Crippen MR) is 66.4 cm³/mol. The number of nitrogen functional groups attached to an aromatic ring is 1. The van der Waals surface area contributed by atoms with Crippen LogP contribution < -0.4 is 5.73 Å². The lowest BCUT2D eigenvalue weighted by Crippen LogP contribution is -2.06. The summed E-state index contributed by atoms with van der Waals surface area (Å²) >= 11 is 1.52. The molecule has 0 aromatic carbocycles. The Bertz CT molecular complexity index is 468. The van der Waals surface area contributed by atoms with Crippen LogP contribution in [0.1, 0.15) is 31.0 Å². The van der Waals surface area contributed by atoms with Crippen LogP contribution in [0.3, 0.4) is 0 Å². The third-order valence-corrected chi connectivity index (χ3v) is 3.14. The molecule has 0 aliphatic carbocycles. The van der Waals surface area contributed by atoms with Gasteiger partial charge in [-0.15, -0.1) is 11.3 Å². The second-order valence-corrected chi connectivity index (χ2v) is 4.82. The van der Waals surface area contributed by atoms with Gasteiger partial charge in [0.2, 0.25) is 0 Å². The van der Waals surface area contributed by atoms with E-state index in [1.807, 2.05) is 12.3 Å². The number of nitrogens with zero attached hydrogens (tertiary/aromatic N) is 3. The molecule has 0 radical (unpaired) electrons. The normalized spacial score (nSPS) is 11.0. The molecule has 4 nitrogen and oxygen atoms in total. The maximum absolute atomic E-state index is 5.95. The first kappa shape index (κ1) is 11.0. The fraction of sp³-hybridized carbons (Fsp3) is 0.364. The number of aryl methyl sites for hydroxylation is 1. The zero-order chi connectivity index (χ0) is 11.7. The maximum atomic E-state index is 5.95. The van der Waals surface area contributed by atoms with E-state index in [0.29, 0.717) is 17.6 Å². The summed E-state index contributed by atoms with van der Waals surface area (Å²) in [4.78, 5) is 12.9. The summed E-state index contributed by atoms with van der Waals surface area (Å²) in [6, 6.07) is 0. The summed E-state index contributed by atoms with van der Waals surface area (Å²) < 4.78 is 0. The quantitative estimate of drug-likeness (QED) is 0.867. The van der Waals surface area contributed by atoms with Crippen LogP contribution in [-0.2, 0) is 0 Å². The molecule has 0 amide bonds. The molecule has 2 aromatic rings. The van der Waals surface area contributed by atoms with Crippen molar-refractivity contribution in [2.75, 3.05) is 5.73 Å². The van der Waals surface area contributed by atoms with Crippen LogP contribution in [0.5, 0.6) is 0 Å². The molecule has 2 rings (SSSR count). The van der Waals surface area contributed by atoms with Crippen molar-refractivity contribution in [3.63, 3.8) is 0 Å². The molecule has 16 heavy (non-hydrogen) atoms. The van der Waals surface area contributed by atoms with Gasteiger partial charge >= 0.3 is 0 Å². The largest absolute Gasteiger partial charge is 0.383 e. The standard InChI is InChI=1S/C11H14N4S/c1-6(2)8-7(3)14-10(15-9(8)12)11-13-4-5-16-11/h4-6H,1-3H3,(H2,12,14,15). The Hall–Kier alpha value is -1.49. The monoisotopic (exact) mass is 234 g/mol. The van der Waals surface area contributed by atoms with E-state index in [1.54, 1.807) is 6.20 Å². The summed E-state index contributed by atoms with van der Waals surface area (Å²) in [6.07, 6.45) is 1.74. The fourth-order valence-electron chi connectivity index (χ4n) is 1.75. The van der Waals surface area contributed by atoms with E-state index >= 15 is 0 Å². The first-order valence-electron chi connectivity index (χ1n) is 5.13. The Morgan fingerprint density at radius 3 is 2.56 bits per heavy atom. The number of nitrogens with two attached hydrogens (primary N) is 1. The Labute approximate surface area is 98.6 Å². The third-order valence-electron chi connectivity index (χ3n) is 2.37. The average molecular weight is 234 g/mol. The van der Waals surface area contributed by atoms with E-state index in [-0.39, 0.29) is 0 Å². The summed E-state index contributed by atoms with van der Waals surface area (Å²) in [5.74, 6) is 1.52. The maximum Gasteiger partial charge on any atom is 0.190 e. The van der Waals surface area contributed by atoms with E-state index in [4.69, 9.17) is 5.73 Å². The molecular weight excluding hydrogens is 220 g/mol. The SMILES string of the molecule is Cc1nc(-c2nccs2)nc(N)c1C(C)C. The number of thiazole rings is 1. The number of anilines is 1. The average Bonchev–Trinajstić information content (AvgIpc) is 2.67. The Morgan fingerprint density at radius 2 is 2.06 bits per heavy atom. The molecule has 2 aromatic heterocycles. The molecule has 0 spiro atoms. The van der Waals surface area contributed by atoms with Crippen LogP contribution in [0.25, 0.3) is 10.8 Å². The van der Waals surface area contributed by atoms with Crippen molar-refractivity contribution in [3.8, 4) is 10.8 Å². The Kier molecular flexibility index (Phi) is 2.87. The van der Waals surface area contributed by atoms with Crippen molar-refractivity contribution in [2.45, 2.75) is 26.7 Å². The minimum absolute atomic E-state index is 0.338. The third kappa shape index (κ3) is 1.90. The topological polar surface area (TPSA) is 64.7 Å². The predicted octanol–water partition coefficient (Wildman–Crippen LogP) is 2.61. The number of hydrogen-bond acceptors (Lipinski definition) is 5. The van der Waals surface area contributed by atoms with Crippen molar-refractivity contribution in [1.82, 2.24) is 15.0 Å². The molecule has 0 aliphatic rings. The van der Waals surface area contributed by atoms with E-state index in [0.717, 1.165) is 16.3 Å². The highest BCUT2D eigenvalue weighted by molar-refractivity contribution is 7.13. The lowest BCUT2D eigenvalue weighted by Gasteiger charge is -2.12. The molecule has 0 bridgehead atoms. The molecule has 2 heterocycles. The van der Waals surface area contributed by atoms with Gasteiger partial charge in [-0.3, -0.25) is 0 Å². The number of aromatic nitrogens is 3. The van der Waals surface area contributed by atoms with Crippen molar-refractivity contribution in [2.24, 2.45) is 0 Å². The summed E-state index contributed by atoms with van der Waals surface area (Å²) in [5.41, 5.74) is 7.92. The van der Waals surface area contributed by atoms with Gasteiger partial charge in [0.05, 0.1) is 0 Å². The molecule has 0 unspecified atom stereocenters. The molecule has 0 saturated carbocycles. The molecule has 0 aliphatic heterocycles. The van der Waals surface area contributed by atoms with Gasteiger partial charge in [0.25, 0.3) is 0 Å². The molecule has 2 N–H and O–H groups in total. The van der Waals surface area contributed by atoms with E-state index in [1.165, 1.54) is 11.3 Å². The highest BCUT2D eigenvalue weighted by Gasteiger charge is 2.14. The number of rotatable bonds is 2. The van der Waals surface area contributed by atoms with E-state index < -0.39 is 0 Å². The van der Waals surface area contributed by atoms with Crippen LogP contribution in [-0.4, -0.2) is 15.0 Å². The van der Waals surface area contributed by atoms with Crippen LogP contribution in [0.2, 0.25) is 0 Å². The van der Waals surface area contributed by atoms with Gasteiger partial charge in [0.1, 0.15) is 5.82 Å². The van der Waals surface area contributed by atoms with Crippen molar-refractivity contribution in [3.05, 3.63) is 22.8 Å². The van der Waals surface area contributed by atoms with E-state index in [2.05, 4.69) is 28.8 Å². The van der Waals surface area contributed by atoms with Crippen molar-refractivity contribution < 1.29 is 0 Å². The summed E-state index contributed by atoms with van der Waals surface area (Å²) in [5, 5.41) is 2.71.